The van der Waals surface area contributed by atoms with Crippen LogP contribution in [0.4, 0.5) is 0 Å². The number of aromatic carboxylic acids is 1. The smallest absolute Gasteiger partial charge is 0.335 e. The summed E-state index contributed by atoms with van der Waals surface area (Å²) in [5.74, 6) is -0.427. The van der Waals surface area contributed by atoms with Crippen LogP contribution in [0.1, 0.15) is 37.0 Å². The van der Waals surface area contributed by atoms with Crippen LogP contribution >= 0.6 is 15.9 Å². The summed E-state index contributed by atoms with van der Waals surface area (Å²) in [4.78, 5) is 10.9. The molecule has 1 heterocycles. The van der Waals surface area contributed by atoms with Gasteiger partial charge in [0.25, 0.3) is 0 Å². The van der Waals surface area contributed by atoms with Crippen LogP contribution in [0.3, 0.4) is 0 Å². The zero-order valence-corrected chi connectivity index (χ0v) is 12.6. The van der Waals surface area contributed by atoms with Gasteiger partial charge in [-0.1, -0.05) is 0 Å². The van der Waals surface area contributed by atoms with Gasteiger partial charge in [0.15, 0.2) is 0 Å². The molecule has 1 aromatic carbocycles. The Morgan fingerprint density at radius 3 is 2.89 bits per heavy atom. The Labute approximate surface area is 120 Å². The van der Waals surface area contributed by atoms with E-state index in [0.717, 1.165) is 17.3 Å². The molecule has 1 unspecified atom stereocenters. The highest BCUT2D eigenvalue weighted by atomic mass is 79.9. The third kappa shape index (κ3) is 3.70. The lowest BCUT2D eigenvalue weighted by Crippen LogP contribution is -2.24. The molecule has 4 nitrogen and oxygen atoms in total. The summed E-state index contributed by atoms with van der Waals surface area (Å²) < 4.78 is 12.2. The molecule has 2 rings (SSSR count). The molecule has 1 fully saturated rings. The van der Waals surface area contributed by atoms with E-state index in [1.54, 1.807) is 6.07 Å². The molecule has 0 aromatic heterocycles. The van der Waals surface area contributed by atoms with E-state index in [1.807, 2.05) is 0 Å². The molecule has 104 valence electrons. The van der Waals surface area contributed by atoms with Gasteiger partial charge in [-0.3, -0.25) is 0 Å². The van der Waals surface area contributed by atoms with Crippen LogP contribution in [0.25, 0.3) is 0 Å². The number of hydrogen-bond acceptors (Lipinski definition) is 3. The molecule has 19 heavy (non-hydrogen) atoms. The van der Waals surface area contributed by atoms with Crippen molar-refractivity contribution in [2.75, 3.05) is 6.61 Å². The molecule has 1 aliphatic heterocycles. The topological polar surface area (TPSA) is 55.8 Å². The first-order valence-corrected chi connectivity index (χ1v) is 7.00. The number of rotatable bonds is 4. The molecule has 0 amide bonds. The third-order valence-electron chi connectivity index (χ3n) is 3.16. The Bertz CT molecular complexity index is 484. The summed E-state index contributed by atoms with van der Waals surface area (Å²) >= 11 is 3.35. The summed E-state index contributed by atoms with van der Waals surface area (Å²) in [6.07, 6.45) is 2.04. The highest BCUT2D eigenvalue weighted by Crippen LogP contribution is 2.31. The molecule has 1 aromatic rings. The molecular formula is C14H17BrO4. The number of ether oxygens (including phenoxy) is 2. The number of carboxylic acids is 1. The van der Waals surface area contributed by atoms with E-state index < -0.39 is 5.97 Å². The van der Waals surface area contributed by atoms with E-state index in [4.69, 9.17) is 14.6 Å². The number of carbonyl (C=O) groups is 1. The van der Waals surface area contributed by atoms with E-state index in [1.165, 1.54) is 12.1 Å². The lowest BCUT2D eigenvalue weighted by atomic mass is 10.1. The van der Waals surface area contributed by atoms with Gasteiger partial charge in [0.2, 0.25) is 0 Å². The first-order valence-electron chi connectivity index (χ1n) is 6.21. The molecule has 0 spiro atoms. The lowest BCUT2D eigenvalue weighted by Gasteiger charge is -2.19. The maximum Gasteiger partial charge on any atom is 0.335 e. The first kappa shape index (κ1) is 14.3. The predicted octanol–water partition coefficient (Wildman–Crippen LogP) is 3.48. The van der Waals surface area contributed by atoms with Crippen molar-refractivity contribution in [3.63, 3.8) is 0 Å². The Hall–Kier alpha value is -1.07. The number of benzene rings is 1. The fourth-order valence-corrected chi connectivity index (χ4v) is 2.49. The van der Waals surface area contributed by atoms with Crippen LogP contribution in [-0.2, 0) is 4.74 Å². The van der Waals surface area contributed by atoms with Crippen molar-refractivity contribution < 1.29 is 19.4 Å². The minimum Gasteiger partial charge on any atom is -0.490 e. The van der Waals surface area contributed by atoms with Crippen LogP contribution in [0.15, 0.2) is 22.7 Å². The molecule has 5 heteroatoms. The van der Waals surface area contributed by atoms with Crippen molar-refractivity contribution in [2.45, 2.75) is 38.4 Å². The van der Waals surface area contributed by atoms with Crippen molar-refractivity contribution >= 4 is 21.9 Å². The number of halogens is 1. The monoisotopic (exact) mass is 328 g/mol. The lowest BCUT2D eigenvalue weighted by molar-refractivity contribution is -0.0327. The summed E-state index contributed by atoms with van der Waals surface area (Å²) in [6, 6.07) is 4.74. The molecule has 1 atom stereocenters. The third-order valence-corrected chi connectivity index (χ3v) is 3.81. The van der Waals surface area contributed by atoms with Crippen molar-refractivity contribution in [1.82, 2.24) is 0 Å². The van der Waals surface area contributed by atoms with E-state index in [2.05, 4.69) is 29.8 Å². The second-order valence-corrected chi connectivity index (χ2v) is 6.15. The molecule has 1 N–H and O–H groups in total. The summed E-state index contributed by atoms with van der Waals surface area (Å²) in [6.45, 7) is 4.56. The summed E-state index contributed by atoms with van der Waals surface area (Å²) in [5.41, 5.74) is 0.125. The zero-order valence-electron chi connectivity index (χ0n) is 11.0. The summed E-state index contributed by atoms with van der Waals surface area (Å²) in [5, 5.41) is 8.95. The van der Waals surface area contributed by atoms with Gasteiger partial charge in [0, 0.05) is 0 Å². The van der Waals surface area contributed by atoms with Crippen LogP contribution < -0.4 is 4.74 Å². The van der Waals surface area contributed by atoms with Crippen LogP contribution in [0, 0.1) is 0 Å². The number of hydrogen-bond donors (Lipinski definition) is 1. The van der Waals surface area contributed by atoms with Crippen LogP contribution in [0.2, 0.25) is 0 Å². The first-order chi connectivity index (χ1) is 8.87. The van der Waals surface area contributed by atoms with Crippen molar-refractivity contribution in [1.29, 1.82) is 0 Å². The van der Waals surface area contributed by atoms with Crippen molar-refractivity contribution in [3.8, 4) is 5.75 Å². The standard InChI is InChI=1S/C14H17BrO4/c1-14(2)6-5-10(19-14)8-18-12-7-9(13(16)17)3-4-11(12)15/h3-4,7,10H,5-6,8H2,1-2H3,(H,16,17). The van der Waals surface area contributed by atoms with Gasteiger partial charge < -0.3 is 14.6 Å². The average Bonchev–Trinajstić information content (AvgIpc) is 2.67. The molecule has 0 saturated carbocycles. The maximum atomic E-state index is 10.9. The van der Waals surface area contributed by atoms with Gasteiger partial charge in [0.05, 0.1) is 21.7 Å². The highest BCUT2D eigenvalue weighted by Gasteiger charge is 2.32. The maximum absolute atomic E-state index is 10.9. The molecule has 0 aliphatic carbocycles. The highest BCUT2D eigenvalue weighted by molar-refractivity contribution is 9.10. The Morgan fingerprint density at radius 2 is 2.32 bits per heavy atom. The van der Waals surface area contributed by atoms with Gasteiger partial charge in [-0.2, -0.15) is 0 Å². The number of carboxylic acid groups (broad SMARTS) is 1. The Kier molecular flexibility index (Phi) is 4.16. The van der Waals surface area contributed by atoms with Gasteiger partial charge >= 0.3 is 5.97 Å². The Balaban J connectivity index is 2.00. The van der Waals surface area contributed by atoms with Gasteiger partial charge in [-0.05, 0) is 60.8 Å². The molecule has 0 radical (unpaired) electrons. The normalized spacial score (nSPS) is 21.3. The van der Waals surface area contributed by atoms with E-state index >= 15 is 0 Å². The van der Waals surface area contributed by atoms with Gasteiger partial charge in [-0.15, -0.1) is 0 Å². The van der Waals surface area contributed by atoms with Crippen molar-refractivity contribution in [2.24, 2.45) is 0 Å². The molecule has 1 saturated heterocycles. The Morgan fingerprint density at radius 1 is 1.58 bits per heavy atom. The van der Waals surface area contributed by atoms with Crippen molar-refractivity contribution in [3.05, 3.63) is 28.2 Å². The van der Waals surface area contributed by atoms with E-state index in [9.17, 15) is 4.79 Å². The quantitative estimate of drug-likeness (QED) is 0.919. The molecule has 1 aliphatic rings. The van der Waals surface area contributed by atoms with E-state index in [-0.39, 0.29) is 17.3 Å². The largest absolute Gasteiger partial charge is 0.490 e. The van der Waals surface area contributed by atoms with Gasteiger partial charge in [0.1, 0.15) is 12.4 Å². The van der Waals surface area contributed by atoms with Crippen LogP contribution in [-0.4, -0.2) is 29.4 Å². The molecular weight excluding hydrogens is 312 g/mol. The minimum atomic E-state index is -0.962. The molecule has 0 bridgehead atoms. The van der Waals surface area contributed by atoms with E-state index in [0.29, 0.717) is 12.4 Å². The zero-order chi connectivity index (χ0) is 14.0. The predicted molar refractivity (Wildman–Crippen MR) is 74.8 cm³/mol. The fourth-order valence-electron chi connectivity index (χ4n) is 2.12. The fraction of sp³-hybridized carbons (Fsp3) is 0.500. The van der Waals surface area contributed by atoms with Gasteiger partial charge in [-0.25, -0.2) is 4.79 Å². The second kappa shape index (κ2) is 5.51. The average molecular weight is 329 g/mol. The van der Waals surface area contributed by atoms with Crippen LogP contribution in [0.5, 0.6) is 5.75 Å². The minimum absolute atomic E-state index is 0.0652. The SMILES string of the molecule is CC1(C)CCC(COc2cc(C(=O)O)ccc2Br)O1. The summed E-state index contributed by atoms with van der Waals surface area (Å²) in [7, 11) is 0. The second-order valence-electron chi connectivity index (χ2n) is 5.30.